The summed E-state index contributed by atoms with van der Waals surface area (Å²) in [6, 6.07) is 18.3. The van der Waals surface area contributed by atoms with Crippen LogP contribution in [0, 0.1) is 5.92 Å². The largest absolute Gasteiger partial charge is 0.466 e. The molecule has 29 heavy (non-hydrogen) atoms. The Morgan fingerprint density at radius 1 is 0.897 bits per heavy atom. The molecule has 4 unspecified atom stereocenters. The molecule has 2 aromatic rings. The molecule has 0 saturated carbocycles. The van der Waals surface area contributed by atoms with E-state index in [4.69, 9.17) is 9.47 Å². The molecule has 1 N–H and O–H groups in total. The van der Waals surface area contributed by atoms with Gasteiger partial charge in [0.1, 0.15) is 11.6 Å². The van der Waals surface area contributed by atoms with Crippen LogP contribution in [0.25, 0.3) is 0 Å². The van der Waals surface area contributed by atoms with E-state index in [1.54, 1.807) is 6.92 Å². The van der Waals surface area contributed by atoms with E-state index in [0.717, 1.165) is 11.1 Å². The van der Waals surface area contributed by atoms with Crippen LogP contribution in [0.3, 0.4) is 0 Å². The lowest BCUT2D eigenvalue weighted by atomic mass is 9.80. The summed E-state index contributed by atoms with van der Waals surface area (Å²) >= 11 is 0. The molecule has 2 aromatic carbocycles. The van der Waals surface area contributed by atoms with E-state index in [1.807, 2.05) is 81.4 Å². The molecule has 0 spiro atoms. The summed E-state index contributed by atoms with van der Waals surface area (Å²) in [5.74, 6) is -1.61. The fraction of sp³-hybridized carbons (Fsp3) is 0.417. The molecule has 154 valence electrons. The smallest absolute Gasteiger partial charge is 0.324 e. The van der Waals surface area contributed by atoms with Crippen LogP contribution in [0.5, 0.6) is 0 Å². The predicted molar refractivity (Wildman–Crippen MR) is 111 cm³/mol. The van der Waals surface area contributed by atoms with Crippen LogP contribution in [0.4, 0.5) is 0 Å². The van der Waals surface area contributed by atoms with Gasteiger partial charge in [-0.05, 0) is 38.8 Å². The highest BCUT2D eigenvalue weighted by atomic mass is 16.6. The van der Waals surface area contributed by atoms with E-state index in [1.165, 1.54) is 0 Å². The standard InChI is InChI=1S/C24H29NO4/c1-5-28-22(26)19-18(16-12-8-6-9-13-16)21(23(27)29-24(2,3)4)25-20(19)17-14-10-7-11-15-17/h6-15,18-21,25H,5H2,1-4H3. The minimum absolute atomic E-state index is 0.287. The minimum Gasteiger partial charge on any atom is -0.466 e. The van der Waals surface area contributed by atoms with E-state index < -0.39 is 23.5 Å². The Balaban J connectivity index is 2.07. The maximum atomic E-state index is 13.1. The van der Waals surface area contributed by atoms with Gasteiger partial charge in [-0.15, -0.1) is 0 Å². The number of carbonyl (C=O) groups is 2. The molecule has 0 bridgehead atoms. The van der Waals surface area contributed by atoms with E-state index in [0.29, 0.717) is 0 Å². The lowest BCUT2D eigenvalue weighted by Gasteiger charge is -2.26. The van der Waals surface area contributed by atoms with Crippen molar-refractivity contribution in [2.24, 2.45) is 5.92 Å². The third-order valence-electron chi connectivity index (χ3n) is 5.03. The van der Waals surface area contributed by atoms with E-state index in [2.05, 4.69) is 5.32 Å². The first-order valence-corrected chi connectivity index (χ1v) is 10.1. The van der Waals surface area contributed by atoms with Gasteiger partial charge in [0, 0.05) is 12.0 Å². The zero-order chi connectivity index (χ0) is 21.0. The Morgan fingerprint density at radius 3 is 1.97 bits per heavy atom. The summed E-state index contributed by atoms with van der Waals surface area (Å²) in [7, 11) is 0. The Labute approximate surface area is 172 Å². The van der Waals surface area contributed by atoms with Crippen molar-refractivity contribution in [3.8, 4) is 0 Å². The van der Waals surface area contributed by atoms with Gasteiger partial charge in [-0.2, -0.15) is 0 Å². The molecule has 1 aliphatic heterocycles. The molecule has 3 rings (SSSR count). The number of carbonyl (C=O) groups excluding carboxylic acids is 2. The summed E-state index contributed by atoms with van der Waals surface area (Å²) in [5.41, 5.74) is 1.23. The molecule has 5 heteroatoms. The van der Waals surface area contributed by atoms with Crippen molar-refractivity contribution < 1.29 is 19.1 Å². The Bertz CT molecular complexity index is 829. The van der Waals surface area contributed by atoms with Gasteiger partial charge in [-0.1, -0.05) is 60.7 Å². The molecule has 0 radical (unpaired) electrons. The lowest BCUT2D eigenvalue weighted by Crippen LogP contribution is -2.40. The highest BCUT2D eigenvalue weighted by Crippen LogP contribution is 2.44. The van der Waals surface area contributed by atoms with E-state index in [-0.39, 0.29) is 24.6 Å². The maximum Gasteiger partial charge on any atom is 0.324 e. The van der Waals surface area contributed by atoms with Crippen molar-refractivity contribution >= 4 is 11.9 Å². The normalized spacial score (nSPS) is 24.1. The van der Waals surface area contributed by atoms with Crippen molar-refractivity contribution in [2.45, 2.75) is 51.3 Å². The van der Waals surface area contributed by atoms with Crippen LogP contribution in [0.15, 0.2) is 60.7 Å². The molecule has 0 aliphatic carbocycles. The topological polar surface area (TPSA) is 64.6 Å². The second-order valence-electron chi connectivity index (χ2n) is 8.28. The number of ether oxygens (including phenoxy) is 2. The van der Waals surface area contributed by atoms with Crippen LogP contribution in [-0.2, 0) is 19.1 Å². The average molecular weight is 395 g/mol. The summed E-state index contributed by atoms with van der Waals surface area (Å²) in [5, 5.41) is 3.39. The van der Waals surface area contributed by atoms with Gasteiger partial charge in [0.15, 0.2) is 0 Å². The first-order valence-electron chi connectivity index (χ1n) is 10.1. The maximum absolute atomic E-state index is 13.1. The fourth-order valence-electron chi connectivity index (χ4n) is 3.96. The van der Waals surface area contributed by atoms with Crippen LogP contribution in [-0.4, -0.2) is 30.2 Å². The molecular weight excluding hydrogens is 366 g/mol. The second-order valence-corrected chi connectivity index (χ2v) is 8.28. The quantitative estimate of drug-likeness (QED) is 0.775. The zero-order valence-corrected chi connectivity index (χ0v) is 17.4. The zero-order valence-electron chi connectivity index (χ0n) is 17.4. The third-order valence-corrected chi connectivity index (χ3v) is 5.03. The summed E-state index contributed by atoms with van der Waals surface area (Å²) < 4.78 is 11.1. The molecule has 0 amide bonds. The van der Waals surface area contributed by atoms with Gasteiger partial charge in [-0.25, -0.2) is 0 Å². The first-order chi connectivity index (χ1) is 13.8. The van der Waals surface area contributed by atoms with Crippen molar-refractivity contribution in [3.05, 3.63) is 71.8 Å². The van der Waals surface area contributed by atoms with Crippen molar-refractivity contribution in [3.63, 3.8) is 0 Å². The highest BCUT2D eigenvalue weighted by Gasteiger charge is 2.52. The van der Waals surface area contributed by atoms with Crippen molar-refractivity contribution in [1.82, 2.24) is 5.32 Å². The van der Waals surface area contributed by atoms with Crippen molar-refractivity contribution in [2.75, 3.05) is 6.61 Å². The molecule has 1 saturated heterocycles. The van der Waals surface area contributed by atoms with Gasteiger partial charge in [0.25, 0.3) is 0 Å². The van der Waals surface area contributed by atoms with Gasteiger partial charge in [0.05, 0.1) is 12.5 Å². The molecule has 5 nitrogen and oxygen atoms in total. The predicted octanol–water partition coefficient (Wildman–Crippen LogP) is 4.00. The molecule has 1 heterocycles. The SMILES string of the molecule is CCOC(=O)C1C(c2ccccc2)NC(C(=O)OC(C)(C)C)C1c1ccccc1. The average Bonchev–Trinajstić information content (AvgIpc) is 3.09. The highest BCUT2D eigenvalue weighted by molar-refractivity contribution is 5.83. The van der Waals surface area contributed by atoms with Crippen LogP contribution in [0.2, 0.25) is 0 Å². The number of benzene rings is 2. The van der Waals surface area contributed by atoms with Crippen molar-refractivity contribution in [1.29, 1.82) is 0 Å². The summed E-state index contributed by atoms with van der Waals surface area (Å²) in [4.78, 5) is 26.2. The number of rotatable bonds is 5. The summed E-state index contributed by atoms with van der Waals surface area (Å²) in [6.07, 6.45) is 0. The van der Waals surface area contributed by atoms with Gasteiger partial charge in [-0.3, -0.25) is 14.9 Å². The monoisotopic (exact) mass is 395 g/mol. The van der Waals surface area contributed by atoms with E-state index >= 15 is 0 Å². The number of hydrogen-bond acceptors (Lipinski definition) is 5. The van der Waals surface area contributed by atoms with Crippen LogP contribution in [0.1, 0.15) is 50.8 Å². The number of hydrogen-bond donors (Lipinski definition) is 1. The molecule has 0 aromatic heterocycles. The Hall–Kier alpha value is -2.66. The Kier molecular flexibility index (Phi) is 6.38. The molecule has 4 atom stereocenters. The van der Waals surface area contributed by atoms with Gasteiger partial charge < -0.3 is 9.47 Å². The Morgan fingerprint density at radius 2 is 1.45 bits per heavy atom. The number of esters is 2. The number of nitrogens with one attached hydrogen (secondary N) is 1. The third kappa shape index (κ3) is 4.85. The lowest BCUT2D eigenvalue weighted by molar-refractivity contribution is -0.157. The molecular formula is C24H29NO4. The second kappa shape index (κ2) is 8.78. The molecule has 1 aliphatic rings. The van der Waals surface area contributed by atoms with Crippen LogP contribution < -0.4 is 5.32 Å². The van der Waals surface area contributed by atoms with Crippen LogP contribution >= 0.6 is 0 Å². The van der Waals surface area contributed by atoms with E-state index in [9.17, 15) is 9.59 Å². The summed E-state index contributed by atoms with van der Waals surface area (Å²) in [6.45, 7) is 7.61. The molecule has 1 fully saturated rings. The fourth-order valence-corrected chi connectivity index (χ4v) is 3.96. The first kappa shape index (κ1) is 21.1. The van der Waals surface area contributed by atoms with Gasteiger partial charge >= 0.3 is 11.9 Å². The van der Waals surface area contributed by atoms with Gasteiger partial charge in [0.2, 0.25) is 0 Å². The minimum atomic E-state index is -0.656.